The Kier molecular flexibility index (Phi) is 4.80. The summed E-state index contributed by atoms with van der Waals surface area (Å²) in [7, 11) is 0. The quantitative estimate of drug-likeness (QED) is 0.905. The van der Waals surface area contributed by atoms with Crippen LogP contribution in [0.3, 0.4) is 0 Å². The first-order chi connectivity index (χ1) is 10.8. The van der Waals surface area contributed by atoms with Crippen LogP contribution in [0.2, 0.25) is 0 Å². The summed E-state index contributed by atoms with van der Waals surface area (Å²) in [5.74, 6) is 1.65. The maximum atomic E-state index is 4.62. The molecule has 1 saturated heterocycles. The lowest BCUT2D eigenvalue weighted by Gasteiger charge is -2.34. The van der Waals surface area contributed by atoms with Gasteiger partial charge in [0.1, 0.15) is 5.82 Å². The van der Waals surface area contributed by atoms with E-state index in [0.29, 0.717) is 12.5 Å². The third kappa shape index (κ3) is 3.71. The molecule has 1 aliphatic rings. The fourth-order valence-electron chi connectivity index (χ4n) is 2.58. The van der Waals surface area contributed by atoms with E-state index in [2.05, 4.69) is 37.0 Å². The number of nitrogens with one attached hydrogen (secondary N) is 1. The van der Waals surface area contributed by atoms with Gasteiger partial charge in [-0.15, -0.1) is 0 Å². The summed E-state index contributed by atoms with van der Waals surface area (Å²) >= 11 is 0. The maximum absolute atomic E-state index is 4.62. The molecule has 0 saturated carbocycles. The molecule has 1 fully saturated rings. The van der Waals surface area contributed by atoms with Gasteiger partial charge in [0.05, 0.1) is 12.2 Å². The van der Waals surface area contributed by atoms with E-state index in [9.17, 15) is 0 Å². The number of hydrogen-bond acceptors (Lipinski definition) is 6. The monoisotopic (exact) mass is 298 g/mol. The van der Waals surface area contributed by atoms with E-state index in [1.807, 2.05) is 30.5 Å². The van der Waals surface area contributed by atoms with E-state index in [0.717, 1.165) is 44.2 Å². The molecule has 6 heteroatoms. The number of anilines is 2. The lowest BCUT2D eigenvalue weighted by molar-refractivity contribution is 0.270. The fourth-order valence-corrected chi connectivity index (χ4v) is 2.58. The van der Waals surface area contributed by atoms with Crippen LogP contribution in [0.5, 0.6) is 0 Å². The predicted octanol–water partition coefficient (Wildman–Crippen LogP) is 1.63. The second kappa shape index (κ2) is 7.17. The van der Waals surface area contributed by atoms with Crippen molar-refractivity contribution < 1.29 is 0 Å². The molecule has 3 heterocycles. The van der Waals surface area contributed by atoms with Gasteiger partial charge >= 0.3 is 0 Å². The summed E-state index contributed by atoms with van der Waals surface area (Å²) in [6, 6.07) is 7.86. The van der Waals surface area contributed by atoms with Crippen molar-refractivity contribution >= 4 is 11.8 Å². The first-order valence-electron chi connectivity index (χ1n) is 7.79. The third-order valence-electron chi connectivity index (χ3n) is 3.94. The summed E-state index contributed by atoms with van der Waals surface area (Å²) < 4.78 is 0. The van der Waals surface area contributed by atoms with Gasteiger partial charge in [0, 0.05) is 38.6 Å². The van der Waals surface area contributed by atoms with Crippen molar-refractivity contribution in [3.05, 3.63) is 42.4 Å². The molecule has 0 radical (unpaired) electrons. The van der Waals surface area contributed by atoms with E-state index in [4.69, 9.17) is 0 Å². The standard InChI is InChI=1S/C16H22N6/c1-2-21-9-11-22(12-10-21)15-6-8-18-16(20-15)19-13-14-5-3-4-7-17-14/h3-8H,2,9-13H2,1H3,(H,18,19,20). The Bertz CT molecular complexity index is 580. The Morgan fingerprint density at radius 2 is 1.91 bits per heavy atom. The minimum atomic E-state index is 0.633. The minimum Gasteiger partial charge on any atom is -0.354 e. The average Bonchev–Trinajstić information content (AvgIpc) is 2.61. The Hall–Kier alpha value is -2.21. The Morgan fingerprint density at radius 1 is 1.05 bits per heavy atom. The van der Waals surface area contributed by atoms with Gasteiger partial charge in [0.25, 0.3) is 0 Å². The summed E-state index contributed by atoms with van der Waals surface area (Å²) in [5, 5.41) is 3.24. The van der Waals surface area contributed by atoms with E-state index in [1.165, 1.54) is 0 Å². The first kappa shape index (κ1) is 14.7. The van der Waals surface area contributed by atoms with Crippen LogP contribution in [0.1, 0.15) is 12.6 Å². The third-order valence-corrected chi connectivity index (χ3v) is 3.94. The lowest BCUT2D eigenvalue weighted by atomic mass is 10.3. The predicted molar refractivity (Wildman–Crippen MR) is 87.9 cm³/mol. The summed E-state index contributed by atoms with van der Waals surface area (Å²) in [4.78, 5) is 18.0. The molecule has 116 valence electrons. The van der Waals surface area contributed by atoms with Gasteiger partial charge in [0.2, 0.25) is 5.95 Å². The van der Waals surface area contributed by atoms with Crippen LogP contribution >= 0.6 is 0 Å². The van der Waals surface area contributed by atoms with Crippen LogP contribution < -0.4 is 10.2 Å². The van der Waals surface area contributed by atoms with Crippen molar-refractivity contribution in [1.29, 1.82) is 0 Å². The summed E-state index contributed by atoms with van der Waals surface area (Å²) in [5.41, 5.74) is 0.980. The molecule has 22 heavy (non-hydrogen) atoms. The number of rotatable bonds is 5. The number of pyridine rings is 1. The van der Waals surface area contributed by atoms with E-state index in [-0.39, 0.29) is 0 Å². The topological polar surface area (TPSA) is 57.2 Å². The molecule has 0 amide bonds. The molecule has 0 atom stereocenters. The molecule has 3 rings (SSSR count). The highest BCUT2D eigenvalue weighted by atomic mass is 15.3. The second-order valence-electron chi connectivity index (χ2n) is 5.33. The normalized spacial score (nSPS) is 15.8. The molecular formula is C16H22N6. The summed E-state index contributed by atoms with van der Waals surface area (Å²) in [6.07, 6.45) is 3.61. The van der Waals surface area contributed by atoms with Gasteiger partial charge in [-0.1, -0.05) is 13.0 Å². The van der Waals surface area contributed by atoms with Crippen LogP contribution in [-0.4, -0.2) is 52.6 Å². The molecule has 0 bridgehead atoms. The molecule has 2 aromatic heterocycles. The molecule has 2 aromatic rings. The van der Waals surface area contributed by atoms with Gasteiger partial charge in [-0.3, -0.25) is 4.98 Å². The zero-order chi connectivity index (χ0) is 15.2. The van der Waals surface area contributed by atoms with Crippen molar-refractivity contribution in [3.8, 4) is 0 Å². The number of aromatic nitrogens is 3. The average molecular weight is 298 g/mol. The number of nitrogens with zero attached hydrogens (tertiary/aromatic N) is 5. The van der Waals surface area contributed by atoms with E-state index in [1.54, 1.807) is 6.20 Å². The number of piperazine rings is 1. The van der Waals surface area contributed by atoms with Crippen molar-refractivity contribution in [3.63, 3.8) is 0 Å². The zero-order valence-electron chi connectivity index (χ0n) is 12.9. The van der Waals surface area contributed by atoms with Crippen LogP contribution in [0, 0.1) is 0 Å². The highest BCUT2D eigenvalue weighted by Crippen LogP contribution is 2.15. The molecule has 6 nitrogen and oxygen atoms in total. The van der Waals surface area contributed by atoms with Gasteiger partial charge in [0.15, 0.2) is 0 Å². The maximum Gasteiger partial charge on any atom is 0.224 e. The van der Waals surface area contributed by atoms with Gasteiger partial charge < -0.3 is 15.1 Å². The highest BCUT2D eigenvalue weighted by Gasteiger charge is 2.17. The van der Waals surface area contributed by atoms with Crippen molar-refractivity contribution in [2.75, 3.05) is 42.9 Å². The van der Waals surface area contributed by atoms with Crippen molar-refractivity contribution in [2.45, 2.75) is 13.5 Å². The second-order valence-corrected chi connectivity index (χ2v) is 5.33. The summed E-state index contributed by atoms with van der Waals surface area (Å²) in [6.45, 7) is 8.19. The molecule has 0 spiro atoms. The Balaban J connectivity index is 1.60. The van der Waals surface area contributed by atoms with Crippen LogP contribution in [0.4, 0.5) is 11.8 Å². The zero-order valence-corrected chi connectivity index (χ0v) is 12.9. The molecule has 0 aromatic carbocycles. The smallest absolute Gasteiger partial charge is 0.224 e. The molecular weight excluding hydrogens is 276 g/mol. The molecule has 0 unspecified atom stereocenters. The SMILES string of the molecule is CCN1CCN(c2ccnc(NCc3ccccn3)n2)CC1. The number of likely N-dealkylation sites (N-methyl/N-ethyl adjacent to an activating group) is 1. The van der Waals surface area contributed by atoms with Crippen LogP contribution in [0.25, 0.3) is 0 Å². The molecule has 1 N–H and O–H groups in total. The Morgan fingerprint density at radius 3 is 2.64 bits per heavy atom. The first-order valence-corrected chi connectivity index (χ1v) is 7.79. The van der Waals surface area contributed by atoms with Crippen LogP contribution in [-0.2, 0) is 6.54 Å². The largest absolute Gasteiger partial charge is 0.354 e. The van der Waals surface area contributed by atoms with E-state index >= 15 is 0 Å². The van der Waals surface area contributed by atoms with Gasteiger partial charge in [-0.05, 0) is 24.7 Å². The Labute approximate surface area is 131 Å². The minimum absolute atomic E-state index is 0.633. The lowest BCUT2D eigenvalue weighted by Crippen LogP contribution is -2.46. The van der Waals surface area contributed by atoms with Gasteiger partial charge in [-0.25, -0.2) is 4.98 Å². The highest BCUT2D eigenvalue weighted by molar-refractivity contribution is 5.43. The number of hydrogen-bond donors (Lipinski definition) is 1. The van der Waals surface area contributed by atoms with Crippen molar-refractivity contribution in [1.82, 2.24) is 19.9 Å². The molecule has 0 aliphatic carbocycles. The van der Waals surface area contributed by atoms with E-state index < -0.39 is 0 Å². The van der Waals surface area contributed by atoms with Gasteiger partial charge in [-0.2, -0.15) is 4.98 Å². The fraction of sp³-hybridized carbons (Fsp3) is 0.438. The van der Waals surface area contributed by atoms with Crippen molar-refractivity contribution in [2.24, 2.45) is 0 Å². The molecule has 1 aliphatic heterocycles. The van der Waals surface area contributed by atoms with Crippen LogP contribution in [0.15, 0.2) is 36.7 Å².